The smallest absolute Gasteiger partial charge is 0.361 e. The highest BCUT2D eigenvalue weighted by atomic mass is 16.5. The van der Waals surface area contributed by atoms with E-state index in [1.807, 2.05) is 0 Å². The molecule has 0 bridgehead atoms. The van der Waals surface area contributed by atoms with Crippen molar-refractivity contribution in [1.29, 1.82) is 0 Å². The zero-order valence-corrected chi connectivity index (χ0v) is 17.2. The first-order valence-corrected chi connectivity index (χ1v) is 10.6. The van der Waals surface area contributed by atoms with Gasteiger partial charge in [-0.05, 0) is 12.8 Å². The molecule has 0 aliphatic rings. The SMILES string of the molecule is CCCCCCCCCCCCCC[N+](C)(C)CC(=O)OCCCO. The predicted molar refractivity (Wildman–Crippen MR) is 106 cm³/mol. The number of rotatable bonds is 18. The van der Waals surface area contributed by atoms with E-state index in [0.29, 0.717) is 24.1 Å². The van der Waals surface area contributed by atoms with Gasteiger partial charge in [-0.3, -0.25) is 0 Å². The summed E-state index contributed by atoms with van der Waals surface area (Å²) in [6.45, 7) is 4.11. The molecule has 0 spiro atoms. The maximum absolute atomic E-state index is 11.7. The fourth-order valence-electron chi connectivity index (χ4n) is 3.11. The van der Waals surface area contributed by atoms with Crippen molar-refractivity contribution in [3.63, 3.8) is 0 Å². The summed E-state index contributed by atoms with van der Waals surface area (Å²) in [5, 5.41) is 8.69. The maximum atomic E-state index is 11.7. The molecule has 0 radical (unpaired) electrons. The molecule has 0 rings (SSSR count). The Labute approximate surface area is 156 Å². The Morgan fingerprint density at radius 1 is 0.800 bits per heavy atom. The molecule has 25 heavy (non-hydrogen) atoms. The molecule has 1 N–H and O–H groups in total. The first kappa shape index (κ1) is 24.4. The monoisotopic (exact) mass is 358 g/mol. The summed E-state index contributed by atoms with van der Waals surface area (Å²) in [4.78, 5) is 11.7. The molecule has 0 fully saturated rings. The lowest BCUT2D eigenvalue weighted by molar-refractivity contribution is -0.883. The van der Waals surface area contributed by atoms with Crippen LogP contribution in [0, 0.1) is 0 Å². The number of likely N-dealkylation sites (N-methyl/N-ethyl adjacent to an activating group) is 1. The van der Waals surface area contributed by atoms with Crippen molar-refractivity contribution < 1.29 is 19.1 Å². The molecule has 0 aromatic rings. The number of hydrogen-bond donors (Lipinski definition) is 1. The topological polar surface area (TPSA) is 46.5 Å². The summed E-state index contributed by atoms with van der Waals surface area (Å²) in [6, 6.07) is 0. The third kappa shape index (κ3) is 18.0. The van der Waals surface area contributed by atoms with Gasteiger partial charge in [0.2, 0.25) is 0 Å². The lowest BCUT2D eigenvalue weighted by Crippen LogP contribution is -2.45. The van der Waals surface area contributed by atoms with Crippen molar-refractivity contribution >= 4 is 5.97 Å². The van der Waals surface area contributed by atoms with E-state index in [-0.39, 0.29) is 12.6 Å². The van der Waals surface area contributed by atoms with Crippen LogP contribution in [0.15, 0.2) is 0 Å². The summed E-state index contributed by atoms with van der Waals surface area (Å²) < 4.78 is 5.81. The van der Waals surface area contributed by atoms with Crippen molar-refractivity contribution in [2.75, 3.05) is 40.4 Å². The number of hydrogen-bond acceptors (Lipinski definition) is 3. The van der Waals surface area contributed by atoms with E-state index in [0.717, 1.165) is 6.54 Å². The molecule has 0 heterocycles. The molecular formula is C21H44NO3+. The highest BCUT2D eigenvalue weighted by Crippen LogP contribution is 2.12. The molecule has 4 heteroatoms. The van der Waals surface area contributed by atoms with Crippen LogP contribution in [-0.2, 0) is 9.53 Å². The minimum atomic E-state index is -0.155. The van der Waals surface area contributed by atoms with Gasteiger partial charge in [0.05, 0.1) is 27.2 Å². The zero-order valence-electron chi connectivity index (χ0n) is 17.2. The molecule has 0 aliphatic heterocycles. The van der Waals surface area contributed by atoms with E-state index in [1.54, 1.807) is 0 Å². The van der Waals surface area contributed by atoms with E-state index in [1.165, 1.54) is 77.0 Å². The fourth-order valence-corrected chi connectivity index (χ4v) is 3.11. The van der Waals surface area contributed by atoms with E-state index in [9.17, 15) is 4.79 Å². The van der Waals surface area contributed by atoms with Crippen LogP contribution in [0.4, 0.5) is 0 Å². The van der Waals surface area contributed by atoms with Crippen LogP contribution in [-0.4, -0.2) is 56.0 Å². The van der Waals surface area contributed by atoms with Crippen LogP contribution in [0.25, 0.3) is 0 Å². The predicted octanol–water partition coefficient (Wildman–Crippen LogP) is 4.69. The Kier molecular flexibility index (Phi) is 16.4. The van der Waals surface area contributed by atoms with Crippen molar-refractivity contribution in [3.05, 3.63) is 0 Å². The molecule has 0 amide bonds. The second kappa shape index (κ2) is 16.8. The number of unbranched alkanes of at least 4 members (excludes halogenated alkanes) is 11. The molecule has 0 saturated heterocycles. The molecular weight excluding hydrogens is 314 g/mol. The first-order valence-electron chi connectivity index (χ1n) is 10.6. The molecule has 150 valence electrons. The van der Waals surface area contributed by atoms with E-state index in [2.05, 4.69) is 21.0 Å². The zero-order chi connectivity index (χ0) is 18.8. The van der Waals surface area contributed by atoms with Crippen LogP contribution < -0.4 is 0 Å². The van der Waals surface area contributed by atoms with Crippen LogP contribution >= 0.6 is 0 Å². The average molecular weight is 359 g/mol. The minimum Gasteiger partial charge on any atom is -0.461 e. The van der Waals surface area contributed by atoms with Gasteiger partial charge in [-0.2, -0.15) is 0 Å². The maximum Gasteiger partial charge on any atom is 0.361 e. The minimum absolute atomic E-state index is 0.0738. The molecule has 0 atom stereocenters. The number of carbonyl (C=O) groups excluding carboxylic acids is 1. The van der Waals surface area contributed by atoms with Crippen molar-refractivity contribution in [3.8, 4) is 0 Å². The number of aliphatic hydroxyl groups excluding tert-OH is 1. The number of quaternary nitrogens is 1. The summed E-state index contributed by atoms with van der Waals surface area (Å²) in [5.74, 6) is -0.155. The molecule has 0 aromatic carbocycles. The molecule has 0 aromatic heterocycles. The lowest BCUT2D eigenvalue weighted by atomic mass is 10.1. The van der Waals surface area contributed by atoms with E-state index in [4.69, 9.17) is 9.84 Å². The van der Waals surface area contributed by atoms with Gasteiger partial charge in [0.15, 0.2) is 6.54 Å². The summed E-state index contributed by atoms with van der Waals surface area (Å²) >= 11 is 0. The van der Waals surface area contributed by atoms with Gasteiger partial charge in [0, 0.05) is 13.0 Å². The van der Waals surface area contributed by atoms with Crippen molar-refractivity contribution in [2.45, 2.75) is 90.4 Å². The second-order valence-electron chi connectivity index (χ2n) is 8.00. The molecule has 0 saturated carbocycles. The van der Waals surface area contributed by atoms with Crippen LogP contribution in [0.5, 0.6) is 0 Å². The van der Waals surface area contributed by atoms with Gasteiger partial charge >= 0.3 is 5.97 Å². The number of nitrogens with zero attached hydrogens (tertiary/aromatic N) is 1. The van der Waals surface area contributed by atoms with Gasteiger partial charge in [-0.1, -0.05) is 71.1 Å². The normalized spacial score (nSPS) is 11.7. The van der Waals surface area contributed by atoms with E-state index >= 15 is 0 Å². The Morgan fingerprint density at radius 2 is 1.28 bits per heavy atom. The number of carbonyl (C=O) groups is 1. The lowest BCUT2D eigenvalue weighted by Gasteiger charge is -2.28. The molecule has 0 unspecified atom stereocenters. The highest BCUT2D eigenvalue weighted by Gasteiger charge is 2.20. The van der Waals surface area contributed by atoms with Gasteiger partial charge in [0.1, 0.15) is 0 Å². The number of aliphatic hydroxyl groups is 1. The summed E-state index contributed by atoms with van der Waals surface area (Å²) in [6.07, 6.45) is 16.8. The second-order valence-corrected chi connectivity index (χ2v) is 8.00. The van der Waals surface area contributed by atoms with E-state index < -0.39 is 0 Å². The summed E-state index contributed by atoms with van der Waals surface area (Å²) in [5.41, 5.74) is 0. The molecule has 4 nitrogen and oxygen atoms in total. The standard InChI is InChI=1S/C21H44NO3/c1-4-5-6-7-8-9-10-11-12-13-14-15-17-22(2,3)20-21(24)25-19-16-18-23/h23H,4-20H2,1-3H3/q+1. The van der Waals surface area contributed by atoms with Crippen LogP contribution in [0.2, 0.25) is 0 Å². The number of ether oxygens (including phenoxy) is 1. The fraction of sp³-hybridized carbons (Fsp3) is 0.952. The van der Waals surface area contributed by atoms with Crippen LogP contribution in [0.3, 0.4) is 0 Å². The molecule has 0 aliphatic carbocycles. The van der Waals surface area contributed by atoms with Gasteiger partial charge in [-0.25, -0.2) is 4.79 Å². The Bertz CT molecular complexity index is 306. The quantitative estimate of drug-likeness (QED) is 0.220. The van der Waals surface area contributed by atoms with Crippen molar-refractivity contribution in [1.82, 2.24) is 0 Å². The van der Waals surface area contributed by atoms with Gasteiger partial charge < -0.3 is 14.3 Å². The Hall–Kier alpha value is -0.610. The van der Waals surface area contributed by atoms with Gasteiger partial charge in [-0.15, -0.1) is 0 Å². The highest BCUT2D eigenvalue weighted by molar-refractivity contribution is 5.70. The number of esters is 1. The third-order valence-corrected chi connectivity index (χ3v) is 4.74. The largest absolute Gasteiger partial charge is 0.461 e. The Morgan fingerprint density at radius 3 is 1.76 bits per heavy atom. The van der Waals surface area contributed by atoms with Gasteiger partial charge in [0.25, 0.3) is 0 Å². The first-order chi connectivity index (χ1) is 12.0. The van der Waals surface area contributed by atoms with Crippen LogP contribution in [0.1, 0.15) is 90.4 Å². The summed E-state index contributed by atoms with van der Waals surface area (Å²) in [7, 11) is 4.18. The third-order valence-electron chi connectivity index (χ3n) is 4.74. The average Bonchev–Trinajstić information content (AvgIpc) is 2.55. The van der Waals surface area contributed by atoms with Crippen molar-refractivity contribution in [2.24, 2.45) is 0 Å². The Balaban J connectivity index is 3.43.